The minimum Gasteiger partial charge on any atom is -0.493 e. The quantitative estimate of drug-likeness (QED) is 0.703. The van der Waals surface area contributed by atoms with Crippen molar-refractivity contribution in [2.75, 3.05) is 20.3 Å². The summed E-state index contributed by atoms with van der Waals surface area (Å²) in [4.78, 5) is 0. The molecule has 1 unspecified atom stereocenters. The number of methoxy groups -OCH3 is 1. The number of rotatable bonds is 10. The molecule has 1 atom stereocenters. The van der Waals surface area contributed by atoms with Gasteiger partial charge in [-0.25, -0.2) is 0 Å². The molecule has 0 aromatic heterocycles. The molecule has 130 valence electrons. The Labute approximate surface area is 144 Å². The monoisotopic (exact) mass is 329 g/mol. The van der Waals surface area contributed by atoms with E-state index in [1.54, 1.807) is 7.11 Å². The molecule has 0 bridgehead atoms. The summed E-state index contributed by atoms with van der Waals surface area (Å²) in [5.41, 5.74) is 2.36. The molecule has 2 aromatic rings. The number of aliphatic hydroxyl groups is 1. The maximum absolute atomic E-state index is 9.23. The number of hydrogen-bond acceptors (Lipinski definition) is 4. The molecule has 2 rings (SSSR count). The molecule has 0 radical (unpaired) electrons. The average Bonchev–Trinajstić information content (AvgIpc) is 2.64. The summed E-state index contributed by atoms with van der Waals surface area (Å²) in [6.45, 7) is 3.51. The fourth-order valence-corrected chi connectivity index (χ4v) is 2.46. The minimum atomic E-state index is 0.123. The van der Waals surface area contributed by atoms with Gasteiger partial charge in [0.05, 0.1) is 20.3 Å². The topological polar surface area (TPSA) is 50.7 Å². The van der Waals surface area contributed by atoms with Gasteiger partial charge in [0.25, 0.3) is 0 Å². The fourth-order valence-electron chi connectivity index (χ4n) is 2.46. The van der Waals surface area contributed by atoms with E-state index in [1.165, 1.54) is 5.56 Å². The van der Waals surface area contributed by atoms with Crippen molar-refractivity contribution >= 4 is 0 Å². The highest BCUT2D eigenvalue weighted by Gasteiger charge is 2.08. The number of aliphatic hydroxyl groups excluding tert-OH is 1. The van der Waals surface area contributed by atoms with Crippen molar-refractivity contribution in [2.45, 2.75) is 32.4 Å². The first-order valence-electron chi connectivity index (χ1n) is 8.44. The predicted octanol–water partition coefficient (Wildman–Crippen LogP) is 3.18. The maximum atomic E-state index is 9.23. The second-order valence-corrected chi connectivity index (χ2v) is 5.74. The van der Waals surface area contributed by atoms with Crippen molar-refractivity contribution in [3.8, 4) is 11.5 Å². The van der Waals surface area contributed by atoms with Gasteiger partial charge in [-0.1, -0.05) is 43.3 Å². The highest BCUT2D eigenvalue weighted by Crippen LogP contribution is 2.28. The minimum absolute atomic E-state index is 0.123. The van der Waals surface area contributed by atoms with Crippen LogP contribution in [0.3, 0.4) is 0 Å². The van der Waals surface area contributed by atoms with E-state index in [4.69, 9.17) is 9.47 Å². The van der Waals surface area contributed by atoms with Crippen LogP contribution in [0.5, 0.6) is 11.5 Å². The van der Waals surface area contributed by atoms with Gasteiger partial charge < -0.3 is 19.9 Å². The first kappa shape index (κ1) is 18.3. The van der Waals surface area contributed by atoms with Crippen molar-refractivity contribution in [1.29, 1.82) is 0 Å². The van der Waals surface area contributed by atoms with E-state index in [2.05, 4.69) is 24.4 Å². The smallest absolute Gasteiger partial charge is 0.161 e. The Morgan fingerprint density at radius 2 is 1.83 bits per heavy atom. The van der Waals surface area contributed by atoms with E-state index >= 15 is 0 Å². The van der Waals surface area contributed by atoms with Gasteiger partial charge in [0.1, 0.15) is 0 Å². The summed E-state index contributed by atoms with van der Waals surface area (Å²) in [6.07, 6.45) is 1.76. The van der Waals surface area contributed by atoms with E-state index in [9.17, 15) is 5.11 Å². The van der Waals surface area contributed by atoms with Gasteiger partial charge in [-0.2, -0.15) is 0 Å². The molecule has 0 spiro atoms. The average molecular weight is 329 g/mol. The summed E-state index contributed by atoms with van der Waals surface area (Å²) in [5.74, 6) is 1.49. The van der Waals surface area contributed by atoms with Crippen molar-refractivity contribution in [2.24, 2.45) is 0 Å². The molecule has 0 heterocycles. The van der Waals surface area contributed by atoms with Crippen LogP contribution in [0.4, 0.5) is 0 Å². The summed E-state index contributed by atoms with van der Waals surface area (Å²) >= 11 is 0. The van der Waals surface area contributed by atoms with E-state index in [-0.39, 0.29) is 12.6 Å². The molecule has 0 aliphatic rings. The molecule has 0 aliphatic carbocycles. The maximum Gasteiger partial charge on any atom is 0.161 e. The standard InChI is InChI=1S/C20H27NO3/c1-3-18(15-22)21-14-17-9-10-19(20(13-17)23-2)24-12-11-16-7-5-4-6-8-16/h4-10,13,18,21-22H,3,11-12,14-15H2,1-2H3. The van der Waals surface area contributed by atoms with Gasteiger partial charge in [0, 0.05) is 19.0 Å². The lowest BCUT2D eigenvalue weighted by Gasteiger charge is -2.16. The number of benzene rings is 2. The molecule has 4 nitrogen and oxygen atoms in total. The van der Waals surface area contributed by atoms with Crippen molar-refractivity contribution in [1.82, 2.24) is 5.32 Å². The van der Waals surface area contributed by atoms with Crippen LogP contribution < -0.4 is 14.8 Å². The van der Waals surface area contributed by atoms with Crippen LogP contribution in [-0.4, -0.2) is 31.5 Å². The molecule has 0 saturated heterocycles. The Balaban J connectivity index is 1.91. The summed E-state index contributed by atoms with van der Waals surface area (Å²) in [6, 6.07) is 16.4. The highest BCUT2D eigenvalue weighted by atomic mass is 16.5. The van der Waals surface area contributed by atoms with Crippen LogP contribution in [0.2, 0.25) is 0 Å². The predicted molar refractivity (Wildman–Crippen MR) is 96.6 cm³/mol. The van der Waals surface area contributed by atoms with Gasteiger partial charge >= 0.3 is 0 Å². The Kier molecular flexibility index (Phi) is 7.59. The lowest BCUT2D eigenvalue weighted by molar-refractivity contribution is 0.238. The van der Waals surface area contributed by atoms with E-state index in [0.29, 0.717) is 13.2 Å². The fraction of sp³-hybridized carbons (Fsp3) is 0.400. The second-order valence-electron chi connectivity index (χ2n) is 5.74. The zero-order valence-electron chi connectivity index (χ0n) is 14.5. The molecular weight excluding hydrogens is 302 g/mol. The third-order valence-electron chi connectivity index (χ3n) is 4.03. The van der Waals surface area contributed by atoms with Crippen molar-refractivity contribution < 1.29 is 14.6 Å². The van der Waals surface area contributed by atoms with Crippen LogP contribution in [0.25, 0.3) is 0 Å². The lowest BCUT2D eigenvalue weighted by Crippen LogP contribution is -2.31. The molecule has 2 aromatic carbocycles. The first-order chi connectivity index (χ1) is 11.8. The molecule has 0 saturated carbocycles. The van der Waals surface area contributed by atoms with Crippen molar-refractivity contribution in [3.05, 3.63) is 59.7 Å². The Bertz CT molecular complexity index is 597. The van der Waals surface area contributed by atoms with Gasteiger partial charge in [0.2, 0.25) is 0 Å². The molecule has 24 heavy (non-hydrogen) atoms. The van der Waals surface area contributed by atoms with Crippen LogP contribution in [0.1, 0.15) is 24.5 Å². The van der Waals surface area contributed by atoms with Gasteiger partial charge in [-0.05, 0) is 29.7 Å². The van der Waals surface area contributed by atoms with E-state index in [1.807, 2.05) is 36.4 Å². The Hall–Kier alpha value is -2.04. The highest BCUT2D eigenvalue weighted by molar-refractivity contribution is 5.43. The van der Waals surface area contributed by atoms with Gasteiger partial charge in [-0.3, -0.25) is 0 Å². The van der Waals surface area contributed by atoms with E-state index in [0.717, 1.165) is 29.9 Å². The molecule has 0 fully saturated rings. The number of ether oxygens (including phenoxy) is 2. The zero-order chi connectivity index (χ0) is 17.2. The first-order valence-corrected chi connectivity index (χ1v) is 8.44. The lowest BCUT2D eigenvalue weighted by atomic mass is 10.1. The van der Waals surface area contributed by atoms with Crippen LogP contribution in [0, 0.1) is 0 Å². The summed E-state index contributed by atoms with van der Waals surface area (Å²) in [5, 5.41) is 12.6. The number of hydrogen-bond donors (Lipinski definition) is 2. The number of nitrogens with one attached hydrogen (secondary N) is 1. The molecule has 0 aliphatic heterocycles. The molecule has 4 heteroatoms. The van der Waals surface area contributed by atoms with Crippen molar-refractivity contribution in [3.63, 3.8) is 0 Å². The SMILES string of the molecule is CCC(CO)NCc1ccc(OCCc2ccccc2)c(OC)c1. The summed E-state index contributed by atoms with van der Waals surface area (Å²) < 4.78 is 11.3. The molecule has 2 N–H and O–H groups in total. The Morgan fingerprint density at radius 1 is 1.04 bits per heavy atom. The third-order valence-corrected chi connectivity index (χ3v) is 4.03. The van der Waals surface area contributed by atoms with E-state index < -0.39 is 0 Å². The Morgan fingerprint density at radius 3 is 2.50 bits per heavy atom. The van der Waals surface area contributed by atoms with Gasteiger partial charge in [-0.15, -0.1) is 0 Å². The largest absolute Gasteiger partial charge is 0.493 e. The van der Waals surface area contributed by atoms with Crippen LogP contribution >= 0.6 is 0 Å². The third kappa shape index (κ3) is 5.55. The van der Waals surface area contributed by atoms with Crippen LogP contribution in [0.15, 0.2) is 48.5 Å². The van der Waals surface area contributed by atoms with Crippen LogP contribution in [-0.2, 0) is 13.0 Å². The molecular formula is C20H27NO3. The molecule has 0 amide bonds. The van der Waals surface area contributed by atoms with Gasteiger partial charge in [0.15, 0.2) is 11.5 Å². The summed E-state index contributed by atoms with van der Waals surface area (Å²) in [7, 11) is 1.65. The normalized spacial score (nSPS) is 12.0. The second kappa shape index (κ2) is 9.96. The zero-order valence-corrected chi connectivity index (χ0v) is 14.5.